The van der Waals surface area contributed by atoms with Crippen LogP contribution in [0.4, 0.5) is 9.18 Å². The largest absolute Gasteiger partial charge is 0.493 e. The maximum atomic E-state index is 12.8. The molecule has 0 saturated carbocycles. The van der Waals surface area contributed by atoms with Crippen molar-refractivity contribution in [3.63, 3.8) is 0 Å². The molecule has 1 N–H and O–H groups in total. The molecule has 0 fully saturated rings. The zero-order valence-electron chi connectivity index (χ0n) is 15.3. The second kappa shape index (κ2) is 9.22. The zero-order valence-corrected chi connectivity index (χ0v) is 15.3. The number of carbonyl (C=O) groups is 1. The molecular weight excluding hydrogens is 339 g/mol. The van der Waals surface area contributed by atoms with Crippen molar-refractivity contribution in [1.82, 2.24) is 10.3 Å². The van der Waals surface area contributed by atoms with Crippen molar-refractivity contribution in [2.75, 3.05) is 19.8 Å². The van der Waals surface area contributed by atoms with Gasteiger partial charge in [-0.25, -0.2) is 9.78 Å². The van der Waals surface area contributed by atoms with Gasteiger partial charge in [0, 0.05) is 18.0 Å². The smallest absolute Gasteiger partial charge is 0.407 e. The lowest BCUT2D eigenvalue weighted by molar-refractivity contribution is 0.0511. The highest BCUT2D eigenvalue weighted by Crippen LogP contribution is 2.21. The van der Waals surface area contributed by atoms with Gasteiger partial charge in [-0.3, -0.25) is 4.39 Å². The Balaban J connectivity index is 1.83. The van der Waals surface area contributed by atoms with Crippen LogP contribution in [0.5, 0.6) is 5.75 Å². The van der Waals surface area contributed by atoms with Gasteiger partial charge in [-0.05, 0) is 51.5 Å². The van der Waals surface area contributed by atoms with E-state index in [1.54, 1.807) is 39.1 Å². The third-order valence-corrected chi connectivity index (χ3v) is 3.47. The Bertz CT molecular complexity index is 666. The number of benzene rings is 1. The minimum absolute atomic E-state index is 0.154. The molecule has 0 aliphatic rings. The van der Waals surface area contributed by atoms with E-state index in [0.717, 1.165) is 5.56 Å². The van der Waals surface area contributed by atoms with Gasteiger partial charge < -0.3 is 19.2 Å². The van der Waals surface area contributed by atoms with Crippen molar-refractivity contribution in [1.29, 1.82) is 0 Å². The number of alkyl halides is 1. The number of hydrogen-bond acceptors (Lipinski definition) is 5. The van der Waals surface area contributed by atoms with Crippen LogP contribution in [-0.4, -0.2) is 36.5 Å². The summed E-state index contributed by atoms with van der Waals surface area (Å²) in [5.41, 5.74) is 0.273. The highest BCUT2D eigenvalue weighted by molar-refractivity contribution is 5.67. The maximum Gasteiger partial charge on any atom is 0.407 e. The van der Waals surface area contributed by atoms with Crippen LogP contribution in [0.1, 0.15) is 27.2 Å². The molecule has 2 aromatic rings. The minimum atomic E-state index is -0.569. The summed E-state index contributed by atoms with van der Waals surface area (Å²) in [7, 11) is 0. The summed E-state index contributed by atoms with van der Waals surface area (Å²) in [6, 6.07) is 7.27. The molecule has 0 aliphatic heterocycles. The Morgan fingerprint density at radius 1 is 1.31 bits per heavy atom. The van der Waals surface area contributed by atoms with E-state index in [1.807, 2.05) is 12.1 Å². The second-order valence-corrected chi connectivity index (χ2v) is 6.90. The normalized spacial score (nSPS) is 12.5. The first-order chi connectivity index (χ1) is 12.4. The number of nitrogens with one attached hydrogen (secondary N) is 1. The Kier molecular flexibility index (Phi) is 7.00. The van der Waals surface area contributed by atoms with E-state index in [9.17, 15) is 9.18 Å². The monoisotopic (exact) mass is 364 g/mol. The summed E-state index contributed by atoms with van der Waals surface area (Å²) in [5, 5.41) is 2.66. The predicted molar refractivity (Wildman–Crippen MR) is 95.8 cm³/mol. The van der Waals surface area contributed by atoms with Crippen molar-refractivity contribution < 1.29 is 23.1 Å². The molecule has 1 amide bonds. The molecule has 142 valence electrons. The number of nitrogens with zero attached hydrogens (tertiary/aromatic N) is 1. The summed E-state index contributed by atoms with van der Waals surface area (Å²) in [5.74, 6) is 1.04. The van der Waals surface area contributed by atoms with Crippen LogP contribution in [0.3, 0.4) is 0 Å². The first-order valence-electron chi connectivity index (χ1n) is 8.53. The first-order valence-corrected chi connectivity index (χ1v) is 8.53. The van der Waals surface area contributed by atoms with E-state index in [-0.39, 0.29) is 19.1 Å². The quantitative estimate of drug-likeness (QED) is 0.759. The van der Waals surface area contributed by atoms with E-state index < -0.39 is 18.4 Å². The molecule has 1 atom stereocenters. The molecule has 0 saturated heterocycles. The molecular formula is C19H25FN2O4. The molecule has 0 aliphatic carbocycles. The third kappa shape index (κ3) is 6.74. The molecule has 6 nitrogen and oxygen atoms in total. The molecule has 26 heavy (non-hydrogen) atoms. The van der Waals surface area contributed by atoms with Gasteiger partial charge in [0.2, 0.25) is 5.89 Å². The number of ether oxygens (including phenoxy) is 2. The Morgan fingerprint density at radius 3 is 2.62 bits per heavy atom. The zero-order chi connectivity index (χ0) is 19.0. The fourth-order valence-corrected chi connectivity index (χ4v) is 2.21. The molecule has 0 bridgehead atoms. The lowest BCUT2D eigenvalue weighted by Gasteiger charge is -2.21. The molecule has 1 unspecified atom stereocenters. The van der Waals surface area contributed by atoms with Crippen molar-refractivity contribution in [3.05, 3.63) is 36.7 Å². The number of alkyl carbamates (subject to hydrolysis) is 1. The lowest BCUT2D eigenvalue weighted by Crippen LogP contribution is -2.36. The topological polar surface area (TPSA) is 73.6 Å². The molecule has 2 rings (SSSR count). The molecule has 1 aromatic carbocycles. The fraction of sp³-hybridized carbons (Fsp3) is 0.474. The van der Waals surface area contributed by atoms with Crippen LogP contribution >= 0.6 is 0 Å². The highest BCUT2D eigenvalue weighted by Gasteiger charge is 2.18. The summed E-state index contributed by atoms with van der Waals surface area (Å²) < 4.78 is 28.9. The number of hydrogen-bond donors (Lipinski definition) is 1. The Labute approximate surface area is 152 Å². The Morgan fingerprint density at radius 2 is 2.04 bits per heavy atom. The molecule has 7 heteroatoms. The molecule has 1 heterocycles. The number of halogens is 1. The third-order valence-electron chi connectivity index (χ3n) is 3.47. The van der Waals surface area contributed by atoms with Crippen LogP contribution in [0.15, 0.2) is 41.1 Å². The van der Waals surface area contributed by atoms with Crippen LogP contribution in [0.25, 0.3) is 11.5 Å². The van der Waals surface area contributed by atoms with Crippen molar-refractivity contribution in [2.45, 2.75) is 32.8 Å². The number of oxazole rings is 1. The van der Waals surface area contributed by atoms with Gasteiger partial charge in [-0.15, -0.1) is 0 Å². The van der Waals surface area contributed by atoms with E-state index in [0.29, 0.717) is 18.1 Å². The van der Waals surface area contributed by atoms with Crippen LogP contribution < -0.4 is 10.1 Å². The lowest BCUT2D eigenvalue weighted by atomic mass is 10.1. The molecule has 1 aromatic heterocycles. The minimum Gasteiger partial charge on any atom is -0.493 e. The summed E-state index contributed by atoms with van der Waals surface area (Å²) >= 11 is 0. The van der Waals surface area contributed by atoms with E-state index in [2.05, 4.69) is 10.3 Å². The van der Waals surface area contributed by atoms with E-state index >= 15 is 0 Å². The first kappa shape index (κ1) is 19.8. The van der Waals surface area contributed by atoms with Gasteiger partial charge in [0.05, 0.1) is 19.5 Å². The van der Waals surface area contributed by atoms with Crippen molar-refractivity contribution >= 4 is 6.09 Å². The maximum absolute atomic E-state index is 12.8. The average Bonchev–Trinajstić information content (AvgIpc) is 3.11. The summed E-state index contributed by atoms with van der Waals surface area (Å²) in [6.45, 7) is 5.46. The van der Waals surface area contributed by atoms with Gasteiger partial charge in [0.25, 0.3) is 0 Å². The van der Waals surface area contributed by atoms with Gasteiger partial charge in [-0.2, -0.15) is 0 Å². The van der Waals surface area contributed by atoms with Crippen LogP contribution in [0.2, 0.25) is 0 Å². The summed E-state index contributed by atoms with van der Waals surface area (Å²) in [4.78, 5) is 15.8. The highest BCUT2D eigenvalue weighted by atomic mass is 19.1. The number of carbonyl (C=O) groups excluding carboxylic acids is 1. The van der Waals surface area contributed by atoms with Gasteiger partial charge in [0.15, 0.2) is 0 Å². The van der Waals surface area contributed by atoms with E-state index in [1.165, 1.54) is 6.26 Å². The van der Waals surface area contributed by atoms with Gasteiger partial charge in [-0.1, -0.05) is 0 Å². The molecule has 0 spiro atoms. The number of aromatic nitrogens is 1. The predicted octanol–water partition coefficient (Wildman–Crippen LogP) is 4.22. The standard InChI is InChI=1S/C19H25FN2O4/c1-19(2,3)26-18(23)22-12-14(8-9-20)13-25-16-6-4-15(5-7-16)17-21-10-11-24-17/h4-7,10-11,14H,8-9,12-13H2,1-3H3,(H,22,23). The van der Waals surface area contributed by atoms with E-state index in [4.69, 9.17) is 13.9 Å². The SMILES string of the molecule is CC(C)(C)OC(=O)NCC(CCF)COc1ccc(-c2ncco2)cc1. The number of amides is 1. The van der Waals surface area contributed by atoms with Crippen LogP contribution in [-0.2, 0) is 4.74 Å². The van der Waals surface area contributed by atoms with Gasteiger partial charge >= 0.3 is 6.09 Å². The second-order valence-electron chi connectivity index (χ2n) is 6.90. The summed E-state index contributed by atoms with van der Waals surface area (Å²) in [6.07, 6.45) is 2.87. The van der Waals surface area contributed by atoms with Crippen LogP contribution in [0, 0.1) is 5.92 Å². The average molecular weight is 364 g/mol. The number of rotatable bonds is 8. The van der Waals surface area contributed by atoms with Gasteiger partial charge in [0.1, 0.15) is 17.6 Å². The van der Waals surface area contributed by atoms with Crippen molar-refractivity contribution in [3.8, 4) is 17.2 Å². The van der Waals surface area contributed by atoms with Crippen molar-refractivity contribution in [2.24, 2.45) is 5.92 Å². The fourth-order valence-electron chi connectivity index (χ4n) is 2.21. The molecule has 0 radical (unpaired) electrons. The Hall–Kier alpha value is -2.57.